The second-order valence-electron chi connectivity index (χ2n) is 7.13. The summed E-state index contributed by atoms with van der Waals surface area (Å²) in [7, 11) is 2.47. The number of aromatic nitrogens is 1. The first kappa shape index (κ1) is 18.1. The van der Waals surface area contributed by atoms with E-state index in [0.29, 0.717) is 12.0 Å². The van der Waals surface area contributed by atoms with Gasteiger partial charge in [0.15, 0.2) is 5.92 Å². The van der Waals surface area contributed by atoms with Crippen LogP contribution >= 0.6 is 0 Å². The zero-order valence-electron chi connectivity index (χ0n) is 15.8. The lowest BCUT2D eigenvalue weighted by Crippen LogP contribution is -2.42. The number of nitrogens with zero attached hydrogens (tertiary/aromatic N) is 2. The zero-order chi connectivity index (χ0) is 19.8. The van der Waals surface area contributed by atoms with E-state index in [2.05, 4.69) is 22.0 Å². The molecule has 0 amide bonds. The lowest BCUT2D eigenvalue weighted by molar-refractivity contribution is -0.161. The molecule has 2 aliphatic rings. The van der Waals surface area contributed by atoms with Gasteiger partial charge in [-0.25, -0.2) is 0 Å². The summed E-state index contributed by atoms with van der Waals surface area (Å²) < 4.78 is 9.67. The van der Waals surface area contributed by atoms with Crippen molar-refractivity contribution in [3.05, 3.63) is 47.3 Å². The van der Waals surface area contributed by atoms with Gasteiger partial charge in [0.05, 0.1) is 26.3 Å². The Kier molecular flexibility index (Phi) is 4.55. The first-order valence-corrected chi connectivity index (χ1v) is 9.21. The standard InChI is InChI=1S/C21H21N3O4/c1-27-20(25)18(21(26)28-2)15-9-17-19-14(7-8-24(17)11-12(15)10-22)13-5-3-4-6-16(13)23-19/h3-6,11,15,17-18,23H,7-9H2,1-2H3/t15-,17+/m1/s1. The molecule has 1 N–H and O–H groups in total. The number of methoxy groups -OCH3 is 2. The van der Waals surface area contributed by atoms with E-state index < -0.39 is 23.8 Å². The number of fused-ring (bicyclic) bond motifs is 5. The summed E-state index contributed by atoms with van der Waals surface area (Å²) in [5.41, 5.74) is 3.81. The number of ether oxygens (including phenoxy) is 2. The monoisotopic (exact) mass is 379 g/mol. The molecule has 3 heterocycles. The van der Waals surface area contributed by atoms with Gasteiger partial charge >= 0.3 is 11.9 Å². The van der Waals surface area contributed by atoms with Crippen molar-refractivity contribution in [2.45, 2.75) is 18.9 Å². The number of carbonyl (C=O) groups is 2. The minimum absolute atomic E-state index is 0.0462. The third-order valence-corrected chi connectivity index (χ3v) is 5.82. The maximum atomic E-state index is 12.3. The molecule has 0 aliphatic carbocycles. The highest BCUT2D eigenvalue weighted by Crippen LogP contribution is 2.44. The SMILES string of the molecule is COC(=O)C(C(=O)OC)[C@@H]1C[C@H]2c3[nH]c4ccccc4c3CCN2C=C1C#N. The number of carbonyl (C=O) groups excluding carboxylic acids is 2. The Morgan fingerprint density at radius 3 is 2.64 bits per heavy atom. The van der Waals surface area contributed by atoms with Gasteiger partial charge in [-0.15, -0.1) is 0 Å². The van der Waals surface area contributed by atoms with Crippen LogP contribution in [0.5, 0.6) is 0 Å². The fourth-order valence-corrected chi connectivity index (χ4v) is 4.49. The van der Waals surface area contributed by atoms with Gasteiger partial charge < -0.3 is 19.4 Å². The van der Waals surface area contributed by atoms with Crippen LogP contribution in [-0.4, -0.2) is 42.6 Å². The molecule has 0 saturated heterocycles. The van der Waals surface area contributed by atoms with Crippen LogP contribution in [0.2, 0.25) is 0 Å². The van der Waals surface area contributed by atoms with Gasteiger partial charge in [-0.2, -0.15) is 5.26 Å². The normalized spacial score (nSPS) is 20.8. The van der Waals surface area contributed by atoms with Gasteiger partial charge in [-0.1, -0.05) is 18.2 Å². The first-order valence-electron chi connectivity index (χ1n) is 9.21. The zero-order valence-corrected chi connectivity index (χ0v) is 15.8. The van der Waals surface area contributed by atoms with Crippen LogP contribution < -0.4 is 0 Å². The van der Waals surface area contributed by atoms with Crippen molar-refractivity contribution in [1.29, 1.82) is 5.26 Å². The van der Waals surface area contributed by atoms with E-state index >= 15 is 0 Å². The number of hydrogen-bond donors (Lipinski definition) is 1. The average Bonchev–Trinajstić information content (AvgIpc) is 3.12. The molecule has 28 heavy (non-hydrogen) atoms. The Bertz CT molecular complexity index is 1000. The molecule has 0 bridgehead atoms. The molecule has 7 heteroatoms. The highest BCUT2D eigenvalue weighted by Gasteiger charge is 2.45. The fourth-order valence-electron chi connectivity index (χ4n) is 4.49. The number of allylic oxidation sites excluding steroid dienone is 1. The number of para-hydroxylation sites is 1. The lowest BCUT2D eigenvalue weighted by atomic mass is 9.77. The van der Waals surface area contributed by atoms with E-state index in [4.69, 9.17) is 9.47 Å². The molecule has 2 atom stereocenters. The number of nitriles is 1. The molecule has 2 aromatic rings. The van der Waals surface area contributed by atoms with E-state index in [1.807, 2.05) is 18.2 Å². The van der Waals surface area contributed by atoms with Gasteiger partial charge in [-0.05, 0) is 24.5 Å². The number of H-pyrrole nitrogens is 1. The molecule has 0 spiro atoms. The van der Waals surface area contributed by atoms with E-state index in [1.54, 1.807) is 6.20 Å². The van der Waals surface area contributed by atoms with Gasteiger partial charge in [0.25, 0.3) is 0 Å². The Morgan fingerprint density at radius 1 is 1.25 bits per heavy atom. The molecule has 144 valence electrons. The number of benzene rings is 1. The second kappa shape index (κ2) is 7.04. The van der Waals surface area contributed by atoms with Crippen LogP contribution in [0.3, 0.4) is 0 Å². The van der Waals surface area contributed by atoms with Gasteiger partial charge in [0, 0.05) is 40.8 Å². The number of aromatic amines is 1. The Balaban J connectivity index is 1.78. The molecule has 0 fully saturated rings. The van der Waals surface area contributed by atoms with Crippen LogP contribution in [0.4, 0.5) is 0 Å². The van der Waals surface area contributed by atoms with Gasteiger partial charge in [-0.3, -0.25) is 9.59 Å². The lowest BCUT2D eigenvalue weighted by Gasteiger charge is -2.41. The predicted octanol–water partition coefficient (Wildman–Crippen LogP) is 2.46. The van der Waals surface area contributed by atoms with Crippen LogP contribution in [0, 0.1) is 23.2 Å². The van der Waals surface area contributed by atoms with Crippen molar-refractivity contribution in [2.24, 2.45) is 11.8 Å². The van der Waals surface area contributed by atoms with E-state index in [-0.39, 0.29) is 6.04 Å². The van der Waals surface area contributed by atoms with Crippen molar-refractivity contribution < 1.29 is 19.1 Å². The third-order valence-electron chi connectivity index (χ3n) is 5.82. The number of hydrogen-bond acceptors (Lipinski definition) is 6. The average molecular weight is 379 g/mol. The van der Waals surface area contributed by atoms with Crippen LogP contribution in [-0.2, 0) is 25.5 Å². The Labute approximate surface area is 162 Å². The summed E-state index contributed by atoms with van der Waals surface area (Å²) in [4.78, 5) is 30.3. The summed E-state index contributed by atoms with van der Waals surface area (Å²) in [5.74, 6) is -3.11. The Hall–Kier alpha value is -3.27. The molecule has 1 aromatic heterocycles. The molecule has 0 saturated carbocycles. The quantitative estimate of drug-likeness (QED) is 0.650. The van der Waals surface area contributed by atoms with E-state index in [0.717, 1.165) is 24.2 Å². The maximum absolute atomic E-state index is 12.3. The number of rotatable bonds is 3. The molecule has 0 radical (unpaired) electrons. The van der Waals surface area contributed by atoms with Gasteiger partial charge in [0.2, 0.25) is 0 Å². The summed E-state index contributed by atoms with van der Waals surface area (Å²) >= 11 is 0. The number of esters is 2. The molecule has 0 unspecified atom stereocenters. The van der Waals surface area contributed by atoms with Crippen molar-refractivity contribution in [1.82, 2.24) is 9.88 Å². The topological polar surface area (TPSA) is 95.4 Å². The van der Waals surface area contributed by atoms with Crippen molar-refractivity contribution in [2.75, 3.05) is 20.8 Å². The van der Waals surface area contributed by atoms with Crippen LogP contribution in [0.25, 0.3) is 10.9 Å². The second-order valence-corrected chi connectivity index (χ2v) is 7.13. The highest BCUT2D eigenvalue weighted by molar-refractivity contribution is 5.95. The third kappa shape index (κ3) is 2.73. The Morgan fingerprint density at radius 2 is 1.96 bits per heavy atom. The van der Waals surface area contributed by atoms with E-state index in [9.17, 15) is 14.9 Å². The molecule has 1 aromatic carbocycles. The van der Waals surface area contributed by atoms with Crippen LogP contribution in [0.1, 0.15) is 23.7 Å². The summed E-state index contributed by atoms with van der Waals surface area (Å²) in [5, 5.41) is 10.9. The molecule has 7 nitrogen and oxygen atoms in total. The van der Waals surface area contributed by atoms with Crippen LogP contribution in [0.15, 0.2) is 36.0 Å². The minimum Gasteiger partial charge on any atom is -0.468 e. The van der Waals surface area contributed by atoms with Crippen molar-refractivity contribution >= 4 is 22.8 Å². The largest absolute Gasteiger partial charge is 0.468 e. The molecular weight excluding hydrogens is 358 g/mol. The van der Waals surface area contributed by atoms with Crippen molar-refractivity contribution in [3.8, 4) is 6.07 Å². The summed E-state index contributed by atoms with van der Waals surface area (Å²) in [6.45, 7) is 0.776. The fraction of sp³-hybridized carbons (Fsp3) is 0.381. The molecule has 4 rings (SSSR count). The van der Waals surface area contributed by atoms with E-state index in [1.165, 1.54) is 25.2 Å². The number of nitrogens with one attached hydrogen (secondary N) is 1. The molecule has 2 aliphatic heterocycles. The summed E-state index contributed by atoms with van der Waals surface area (Å²) in [6.07, 6.45) is 3.10. The predicted molar refractivity (Wildman–Crippen MR) is 101 cm³/mol. The minimum atomic E-state index is -1.15. The molecular formula is C21H21N3O4. The maximum Gasteiger partial charge on any atom is 0.320 e. The van der Waals surface area contributed by atoms with Crippen molar-refractivity contribution in [3.63, 3.8) is 0 Å². The van der Waals surface area contributed by atoms with Gasteiger partial charge in [0.1, 0.15) is 0 Å². The smallest absolute Gasteiger partial charge is 0.320 e. The highest BCUT2D eigenvalue weighted by atomic mass is 16.5. The summed E-state index contributed by atoms with van der Waals surface area (Å²) in [6, 6.07) is 10.3. The first-order chi connectivity index (χ1) is 13.6.